The van der Waals surface area contributed by atoms with Crippen molar-refractivity contribution in [2.75, 3.05) is 156 Å². The fourth-order valence-electron chi connectivity index (χ4n) is 13.8. The molecule has 2 atom stereocenters. The van der Waals surface area contributed by atoms with Crippen LogP contribution in [-0.4, -0.2) is 231 Å². The Balaban J connectivity index is 0.832. The molecule has 0 fully saturated rings. The van der Waals surface area contributed by atoms with Gasteiger partial charge in [-0.05, 0) is 146 Å². The summed E-state index contributed by atoms with van der Waals surface area (Å²) in [5.74, 6) is -2.33. The van der Waals surface area contributed by atoms with Crippen LogP contribution in [0, 0.1) is 0 Å². The number of rotatable bonds is 47. The number of nitrogens with zero attached hydrogens (tertiary/aromatic N) is 2. The van der Waals surface area contributed by atoms with Crippen LogP contribution in [0.4, 0.5) is 11.4 Å². The number of hydrogen-bond acceptors (Lipinski definition) is 21. The third kappa shape index (κ3) is 24.1. The van der Waals surface area contributed by atoms with Crippen molar-refractivity contribution >= 4 is 121 Å². The van der Waals surface area contributed by atoms with Crippen molar-refractivity contribution in [2.24, 2.45) is 0 Å². The highest BCUT2D eigenvalue weighted by atomic mass is 32.2. The minimum absolute atomic E-state index is 0.0178. The average Bonchev–Trinajstić information content (AvgIpc) is 1.57. The predicted molar refractivity (Wildman–Crippen MR) is 422 cm³/mol. The smallest absolute Gasteiger partial charge is 0.338 e. The number of amides is 2. The molecule has 33 heteroatoms. The van der Waals surface area contributed by atoms with Gasteiger partial charge in [0.2, 0.25) is 11.6 Å². The summed E-state index contributed by atoms with van der Waals surface area (Å²) in [7, 11) is -16.5. The number of carbonyl (C=O) groups is 3. The molecule has 2 unspecified atom stereocenters. The highest BCUT2D eigenvalue weighted by Crippen LogP contribution is 2.54. The number of ether oxygens (including phenoxy) is 9. The SMILES string of the molecule is COCCOCCOCCOCC[N+]1=C(C=CC=C2N(CCOCCOCCOCCOCCC(=O)NCCNC(=O)c3ccc(C(=O)OC)c(P(c4ccccc4)c4ccccc4)c3)c3ccc4cc(S(=O)(=O)O)ccc4c3C2(C)CCCS(=O)(=O)O)C(C)(CCCS(=O)(=O)O)c2c1ccc1cc(S(=O)(=O)O)ccc21. The van der Waals surface area contributed by atoms with Crippen LogP contribution in [-0.2, 0) is 98.7 Å². The van der Waals surface area contributed by atoms with Crippen molar-refractivity contribution in [3.63, 3.8) is 0 Å². The van der Waals surface area contributed by atoms with Crippen LogP contribution in [0.2, 0.25) is 0 Å². The van der Waals surface area contributed by atoms with E-state index in [2.05, 4.69) is 10.6 Å². The van der Waals surface area contributed by atoms with E-state index in [-0.39, 0.29) is 153 Å². The molecule has 2 amide bonds. The predicted octanol–water partition coefficient (Wildman–Crippen LogP) is 7.64. The van der Waals surface area contributed by atoms with Crippen LogP contribution >= 0.6 is 7.92 Å². The van der Waals surface area contributed by atoms with Crippen molar-refractivity contribution in [2.45, 2.75) is 66.6 Å². The number of esters is 1. The molecule has 7 aromatic carbocycles. The van der Waals surface area contributed by atoms with Crippen molar-refractivity contribution in [3.8, 4) is 0 Å². The van der Waals surface area contributed by atoms with Crippen LogP contribution in [0.5, 0.6) is 0 Å². The maximum atomic E-state index is 13.5. The molecule has 0 spiro atoms. The second kappa shape index (κ2) is 40.8. The Morgan fingerprint density at radius 2 is 1.03 bits per heavy atom. The number of benzene rings is 7. The van der Waals surface area contributed by atoms with Gasteiger partial charge in [-0.1, -0.05) is 84.9 Å². The Hall–Kier alpha value is -7.83. The molecule has 9 rings (SSSR count). The van der Waals surface area contributed by atoms with Crippen LogP contribution in [0.3, 0.4) is 0 Å². The molecule has 28 nitrogen and oxygen atoms in total. The van der Waals surface area contributed by atoms with Crippen molar-refractivity contribution in [1.82, 2.24) is 10.6 Å². The fraction of sp³-hybridized carbons (Fsp3) is 0.410. The summed E-state index contributed by atoms with van der Waals surface area (Å²) in [5, 5.41) is 10.4. The van der Waals surface area contributed by atoms with E-state index in [1.165, 1.54) is 31.4 Å². The third-order valence-corrected chi connectivity index (χ3v) is 24.7. The van der Waals surface area contributed by atoms with Crippen molar-refractivity contribution in [3.05, 3.63) is 186 Å². The largest absolute Gasteiger partial charge is 0.465 e. The zero-order valence-electron chi connectivity index (χ0n) is 62.3. The van der Waals surface area contributed by atoms with Gasteiger partial charge in [0.15, 0.2) is 12.3 Å². The van der Waals surface area contributed by atoms with E-state index in [4.69, 9.17) is 42.6 Å². The summed E-state index contributed by atoms with van der Waals surface area (Å²) >= 11 is 0. The maximum Gasteiger partial charge on any atom is 0.338 e. The summed E-state index contributed by atoms with van der Waals surface area (Å²) in [6, 6.07) is 39.9. The Kier molecular flexibility index (Phi) is 32.0. The zero-order valence-corrected chi connectivity index (χ0v) is 66.5. The monoisotopic (exact) mass is 1630 g/mol. The van der Waals surface area contributed by atoms with E-state index in [0.29, 0.717) is 98.3 Å². The highest BCUT2D eigenvalue weighted by molar-refractivity contribution is 7.86. The first-order valence-corrected chi connectivity index (χ1v) is 43.5. The third-order valence-electron chi connectivity index (χ3n) is 18.9. The van der Waals surface area contributed by atoms with Crippen LogP contribution in [0.25, 0.3) is 21.5 Å². The number of anilines is 1. The summed E-state index contributed by atoms with van der Waals surface area (Å²) in [4.78, 5) is 40.5. The minimum Gasteiger partial charge on any atom is -0.465 e. The quantitative estimate of drug-likeness (QED) is 0.00701. The number of fused-ring (bicyclic) bond motifs is 6. The summed E-state index contributed by atoms with van der Waals surface area (Å²) in [6.45, 7) is 8.27. The van der Waals surface area contributed by atoms with Gasteiger partial charge >= 0.3 is 5.97 Å². The van der Waals surface area contributed by atoms with Gasteiger partial charge < -0.3 is 58.2 Å². The maximum absolute atomic E-state index is 13.5. The highest BCUT2D eigenvalue weighted by Gasteiger charge is 2.49. The molecule has 600 valence electrons. The first-order valence-electron chi connectivity index (χ1n) is 36.1. The number of methoxy groups -OCH3 is 2. The molecular weight excluding hydrogens is 1540 g/mol. The second-order valence-corrected chi connectivity index (χ2v) is 34.7. The Morgan fingerprint density at radius 1 is 0.532 bits per heavy atom. The van der Waals surface area contributed by atoms with Gasteiger partial charge in [-0.2, -0.15) is 38.2 Å². The number of allylic oxidation sites excluding steroid dienone is 4. The Labute approximate surface area is 649 Å². The molecule has 0 aromatic heterocycles. The Bertz CT molecular complexity index is 4920. The van der Waals surface area contributed by atoms with E-state index < -0.39 is 76.7 Å². The number of carbonyl (C=O) groups excluding carboxylic acids is 3. The Morgan fingerprint density at radius 3 is 1.56 bits per heavy atom. The van der Waals surface area contributed by atoms with Gasteiger partial charge in [0, 0.05) is 78.5 Å². The molecule has 0 radical (unpaired) electrons. The fourth-order valence-corrected chi connectivity index (χ4v) is 18.3. The van der Waals surface area contributed by atoms with E-state index in [1.807, 2.05) is 102 Å². The standard InChI is InChI=1S/C78H95N4O24PS4/c1-77(31-12-52-108(86,87)88)70(81(35-38-101-43-46-105-49-48-103-41-40-98-3)67-28-21-57-54-62(110(92,93)94)23-26-64(57)73(67)77)18-11-19-71-78(2,32-13-53-109(89,90)91)74-65-27-24-63(111(95,96)97)55-58(65)22-29-68(74)82(71)36-39-102-44-47-106-51-50-104-45-42-100-37-30-72(83)79-33-34-80-75(84)59-20-25-66(76(85)99-4)69(56-59)107(60-14-7-5-8-15-60)61-16-9-6-10-17-61/h5-11,14-29,54-56H,12-13,30-53H2,1-4H3,(H5-,79,80,83,84,86,87,88,89,90,91,92,93,94,95,96,97)/p+1. The lowest BCUT2D eigenvalue weighted by molar-refractivity contribution is -0.442. The summed E-state index contributed by atoms with van der Waals surface area (Å²) in [5.41, 5.74) is 2.59. The molecule has 0 bridgehead atoms. The summed E-state index contributed by atoms with van der Waals surface area (Å²) in [6.07, 6.45) is 5.84. The van der Waals surface area contributed by atoms with E-state index in [9.17, 15) is 66.3 Å². The molecule has 111 heavy (non-hydrogen) atoms. The van der Waals surface area contributed by atoms with Crippen LogP contribution in [0.15, 0.2) is 173 Å². The molecule has 0 saturated carbocycles. The molecule has 2 aliphatic heterocycles. The zero-order chi connectivity index (χ0) is 79.8. The van der Waals surface area contributed by atoms with Gasteiger partial charge in [0.05, 0.1) is 132 Å². The second-order valence-electron chi connectivity index (χ2n) is 26.5. The average molecular weight is 1630 g/mol. The lowest BCUT2D eigenvalue weighted by Gasteiger charge is -2.31. The normalized spacial score (nSPS) is 16.4. The molecule has 2 aliphatic rings. The van der Waals surface area contributed by atoms with Gasteiger partial charge in [0.1, 0.15) is 6.61 Å². The van der Waals surface area contributed by atoms with Gasteiger partial charge in [-0.25, -0.2) is 4.79 Å². The number of nitrogens with one attached hydrogen (secondary N) is 2. The van der Waals surface area contributed by atoms with E-state index in [1.54, 1.807) is 61.7 Å². The molecule has 0 aliphatic carbocycles. The lowest BCUT2D eigenvalue weighted by atomic mass is 9.74. The van der Waals surface area contributed by atoms with Gasteiger partial charge in [-0.15, -0.1) is 0 Å². The minimum atomic E-state index is -4.64. The van der Waals surface area contributed by atoms with Crippen molar-refractivity contribution in [1.29, 1.82) is 0 Å². The van der Waals surface area contributed by atoms with Gasteiger partial charge in [-0.3, -0.25) is 27.8 Å². The molecular formula is C78H96N4O24PS4+. The molecule has 6 N–H and O–H groups in total. The summed E-state index contributed by atoms with van der Waals surface area (Å²) < 4.78 is 192. The van der Waals surface area contributed by atoms with E-state index >= 15 is 0 Å². The first kappa shape index (κ1) is 87.1. The van der Waals surface area contributed by atoms with E-state index in [0.717, 1.165) is 10.6 Å². The van der Waals surface area contributed by atoms with Crippen LogP contribution in [0.1, 0.15) is 77.8 Å². The molecule has 2 heterocycles. The first-order chi connectivity index (χ1) is 53.1. The molecule has 7 aromatic rings. The lowest BCUT2D eigenvalue weighted by Crippen LogP contribution is -2.35. The number of hydrogen-bond donors (Lipinski definition) is 6. The molecule has 0 saturated heterocycles. The topological polar surface area (TPSA) is 382 Å². The van der Waals surface area contributed by atoms with Crippen molar-refractivity contribution < 1.29 is 113 Å². The van der Waals surface area contributed by atoms with Crippen LogP contribution < -0.4 is 31.4 Å². The van der Waals surface area contributed by atoms with Gasteiger partial charge in [0.25, 0.3) is 46.4 Å².